The average molecular weight is 204 g/mol. The molecule has 3 rings (SSSR count). The predicted octanol–water partition coefficient (Wildman–Crippen LogP) is 2.51. The van der Waals surface area contributed by atoms with Gasteiger partial charge in [0.15, 0.2) is 0 Å². The summed E-state index contributed by atoms with van der Waals surface area (Å²) in [6.07, 6.45) is 0.975. The van der Waals surface area contributed by atoms with Crippen molar-refractivity contribution in [3.8, 4) is 0 Å². The lowest BCUT2D eigenvalue weighted by molar-refractivity contribution is 0.533. The van der Waals surface area contributed by atoms with Crippen molar-refractivity contribution in [1.82, 2.24) is 10.3 Å². The van der Waals surface area contributed by atoms with Gasteiger partial charge in [0.05, 0.1) is 5.52 Å². The summed E-state index contributed by atoms with van der Waals surface area (Å²) < 4.78 is 13.5. The van der Waals surface area contributed by atoms with Crippen molar-refractivity contribution in [2.24, 2.45) is 0 Å². The smallest absolute Gasteiger partial charge is 0.147 e. The molecule has 0 aliphatic carbocycles. The Morgan fingerprint density at radius 3 is 3.13 bits per heavy atom. The van der Waals surface area contributed by atoms with Crippen LogP contribution in [0.3, 0.4) is 0 Å². The first-order valence-electron chi connectivity index (χ1n) is 5.29. The molecule has 1 aliphatic rings. The van der Waals surface area contributed by atoms with E-state index in [4.69, 9.17) is 0 Å². The topological polar surface area (TPSA) is 27.8 Å². The first kappa shape index (κ1) is 8.92. The molecule has 0 saturated carbocycles. The van der Waals surface area contributed by atoms with Crippen LogP contribution in [0.4, 0.5) is 4.39 Å². The Balaban J connectivity index is 2.35. The minimum absolute atomic E-state index is 0.158. The normalized spacial score (nSPS) is 20.5. The molecule has 15 heavy (non-hydrogen) atoms. The number of H-pyrrole nitrogens is 1. The quantitative estimate of drug-likeness (QED) is 0.678. The first-order valence-corrected chi connectivity index (χ1v) is 5.29. The van der Waals surface area contributed by atoms with E-state index in [0.717, 1.165) is 24.0 Å². The molecule has 1 atom stereocenters. The molecule has 1 unspecified atom stereocenters. The lowest BCUT2D eigenvalue weighted by Crippen LogP contribution is -2.27. The lowest BCUT2D eigenvalue weighted by atomic mass is 10.0. The van der Waals surface area contributed by atoms with Gasteiger partial charge in [-0.25, -0.2) is 4.39 Å². The largest absolute Gasteiger partial charge is 0.354 e. The molecule has 0 fully saturated rings. The molecule has 1 aromatic heterocycles. The number of aromatic amines is 1. The first-order chi connectivity index (χ1) is 7.27. The Morgan fingerprint density at radius 1 is 1.40 bits per heavy atom. The minimum Gasteiger partial charge on any atom is -0.354 e. The van der Waals surface area contributed by atoms with E-state index in [9.17, 15) is 4.39 Å². The maximum atomic E-state index is 13.5. The highest BCUT2D eigenvalue weighted by Crippen LogP contribution is 2.30. The zero-order valence-electron chi connectivity index (χ0n) is 8.60. The molecule has 2 aromatic rings. The van der Waals surface area contributed by atoms with Crippen molar-refractivity contribution in [2.75, 3.05) is 6.54 Å². The highest BCUT2D eigenvalue weighted by atomic mass is 19.1. The van der Waals surface area contributed by atoms with Crippen molar-refractivity contribution in [1.29, 1.82) is 0 Å². The number of aromatic nitrogens is 1. The highest BCUT2D eigenvalue weighted by Gasteiger charge is 2.21. The molecule has 0 amide bonds. The number of hydrogen-bond donors (Lipinski definition) is 2. The minimum atomic E-state index is -0.158. The number of benzene rings is 1. The van der Waals surface area contributed by atoms with Crippen LogP contribution < -0.4 is 5.32 Å². The summed E-state index contributed by atoms with van der Waals surface area (Å²) in [6, 6.07) is 5.56. The van der Waals surface area contributed by atoms with Crippen LogP contribution >= 0.6 is 0 Å². The van der Waals surface area contributed by atoms with Gasteiger partial charge in [-0.05, 0) is 31.5 Å². The fourth-order valence-corrected chi connectivity index (χ4v) is 2.41. The molecule has 2 N–H and O–H groups in total. The summed E-state index contributed by atoms with van der Waals surface area (Å²) in [5, 5.41) is 4.41. The maximum Gasteiger partial charge on any atom is 0.147 e. The van der Waals surface area contributed by atoms with E-state index >= 15 is 0 Å². The molecule has 3 heteroatoms. The van der Waals surface area contributed by atoms with Gasteiger partial charge in [0, 0.05) is 17.1 Å². The zero-order chi connectivity index (χ0) is 10.4. The van der Waals surface area contributed by atoms with E-state index in [0.29, 0.717) is 11.6 Å². The Morgan fingerprint density at radius 2 is 2.27 bits per heavy atom. The van der Waals surface area contributed by atoms with Crippen LogP contribution in [0.5, 0.6) is 0 Å². The van der Waals surface area contributed by atoms with Crippen LogP contribution in [0.2, 0.25) is 0 Å². The van der Waals surface area contributed by atoms with Gasteiger partial charge in [0.2, 0.25) is 0 Å². The Hall–Kier alpha value is -1.35. The van der Waals surface area contributed by atoms with Crippen molar-refractivity contribution in [3.05, 3.63) is 35.3 Å². The molecule has 0 spiro atoms. The molecule has 0 saturated heterocycles. The van der Waals surface area contributed by atoms with Gasteiger partial charge in [-0.15, -0.1) is 0 Å². The number of fused-ring (bicyclic) bond motifs is 3. The van der Waals surface area contributed by atoms with Gasteiger partial charge in [-0.2, -0.15) is 0 Å². The number of nitrogens with one attached hydrogen (secondary N) is 2. The summed E-state index contributed by atoms with van der Waals surface area (Å²) in [4.78, 5) is 3.20. The third-order valence-corrected chi connectivity index (χ3v) is 3.18. The average Bonchev–Trinajstić information content (AvgIpc) is 2.60. The molecule has 78 valence electrons. The van der Waals surface area contributed by atoms with Crippen LogP contribution in [0, 0.1) is 5.82 Å². The molecule has 1 aliphatic heterocycles. The summed E-state index contributed by atoms with van der Waals surface area (Å²) in [5.41, 5.74) is 3.06. The molecule has 1 aromatic carbocycles. The van der Waals surface area contributed by atoms with Crippen molar-refractivity contribution >= 4 is 10.9 Å². The fraction of sp³-hybridized carbons (Fsp3) is 0.333. The monoisotopic (exact) mass is 204 g/mol. The Kier molecular flexibility index (Phi) is 1.83. The molecule has 0 bridgehead atoms. The second-order valence-electron chi connectivity index (χ2n) is 4.11. The molecule has 2 heterocycles. The van der Waals surface area contributed by atoms with Gasteiger partial charge in [-0.3, -0.25) is 0 Å². The fourth-order valence-electron chi connectivity index (χ4n) is 2.41. The number of halogens is 1. The lowest BCUT2D eigenvalue weighted by Gasteiger charge is -2.20. The van der Waals surface area contributed by atoms with Crippen molar-refractivity contribution in [2.45, 2.75) is 19.4 Å². The summed E-state index contributed by atoms with van der Waals surface area (Å²) in [6.45, 7) is 3.07. The van der Waals surface area contributed by atoms with E-state index in [1.807, 2.05) is 6.07 Å². The van der Waals surface area contributed by atoms with Gasteiger partial charge in [0.1, 0.15) is 5.82 Å². The van der Waals surface area contributed by atoms with Crippen LogP contribution in [-0.4, -0.2) is 11.5 Å². The Labute approximate surface area is 87.5 Å². The van der Waals surface area contributed by atoms with Gasteiger partial charge >= 0.3 is 0 Å². The maximum absolute atomic E-state index is 13.5. The predicted molar refractivity (Wildman–Crippen MR) is 58.4 cm³/mol. The molecular weight excluding hydrogens is 191 g/mol. The molecule has 2 nitrogen and oxygen atoms in total. The summed E-state index contributed by atoms with van der Waals surface area (Å²) in [5.74, 6) is -0.158. The highest BCUT2D eigenvalue weighted by molar-refractivity contribution is 5.85. The molecular formula is C12H13FN2. The van der Waals surface area contributed by atoms with Gasteiger partial charge in [-0.1, -0.05) is 12.1 Å². The second-order valence-corrected chi connectivity index (χ2v) is 4.11. The third kappa shape index (κ3) is 1.20. The van der Waals surface area contributed by atoms with E-state index in [1.54, 1.807) is 6.07 Å². The van der Waals surface area contributed by atoms with E-state index in [1.165, 1.54) is 11.6 Å². The summed E-state index contributed by atoms with van der Waals surface area (Å²) in [7, 11) is 0. The van der Waals surface area contributed by atoms with Crippen molar-refractivity contribution in [3.63, 3.8) is 0 Å². The van der Waals surface area contributed by atoms with Crippen LogP contribution in [0.25, 0.3) is 10.9 Å². The standard InChI is InChI=1S/C12H13FN2/c1-7-11-9(5-6-14-7)8-3-2-4-10(13)12(8)15-11/h2-4,7,14-15H,5-6H2,1H3. The van der Waals surface area contributed by atoms with Gasteiger partial charge < -0.3 is 10.3 Å². The van der Waals surface area contributed by atoms with E-state index < -0.39 is 0 Å². The second kappa shape index (κ2) is 3.07. The third-order valence-electron chi connectivity index (χ3n) is 3.18. The van der Waals surface area contributed by atoms with Crippen LogP contribution in [-0.2, 0) is 6.42 Å². The molecule has 0 radical (unpaired) electrons. The zero-order valence-corrected chi connectivity index (χ0v) is 8.60. The van der Waals surface area contributed by atoms with Crippen molar-refractivity contribution < 1.29 is 4.39 Å². The van der Waals surface area contributed by atoms with Crippen LogP contribution in [0.15, 0.2) is 18.2 Å². The SMILES string of the molecule is CC1NCCc2c1[nH]c1c(F)cccc21. The number of para-hydroxylation sites is 1. The van der Waals surface area contributed by atoms with E-state index in [2.05, 4.69) is 17.2 Å². The number of hydrogen-bond acceptors (Lipinski definition) is 1. The summed E-state index contributed by atoms with van der Waals surface area (Å²) >= 11 is 0. The van der Waals surface area contributed by atoms with Gasteiger partial charge in [0.25, 0.3) is 0 Å². The Bertz CT molecular complexity index is 516. The van der Waals surface area contributed by atoms with E-state index in [-0.39, 0.29) is 5.82 Å². The van der Waals surface area contributed by atoms with Crippen LogP contribution in [0.1, 0.15) is 24.2 Å². The number of rotatable bonds is 0.